The summed E-state index contributed by atoms with van der Waals surface area (Å²) in [4.78, 5) is 9.77. The molecule has 0 spiro atoms. The Hall–Kier alpha value is -1.32. The Labute approximate surface area is 209 Å². The van der Waals surface area contributed by atoms with Crippen LogP contribution >= 0.6 is 35.3 Å². The lowest BCUT2D eigenvalue weighted by atomic mass is 10.1. The van der Waals surface area contributed by atoms with Crippen LogP contribution in [0.4, 0.5) is 5.00 Å². The summed E-state index contributed by atoms with van der Waals surface area (Å²) in [6.07, 6.45) is 2.28. The van der Waals surface area contributed by atoms with Gasteiger partial charge in [0.05, 0.1) is 11.5 Å². The molecule has 1 saturated heterocycles. The molecule has 0 saturated carbocycles. The molecule has 1 aliphatic rings. The number of piperidine rings is 1. The van der Waals surface area contributed by atoms with Gasteiger partial charge in [-0.25, -0.2) is 4.99 Å². The first kappa shape index (κ1) is 25.9. The van der Waals surface area contributed by atoms with Gasteiger partial charge >= 0.3 is 0 Å². The van der Waals surface area contributed by atoms with E-state index in [9.17, 15) is 0 Å². The number of hydrogen-bond acceptors (Lipinski definition) is 4. The predicted octanol–water partition coefficient (Wildman–Crippen LogP) is 4.93. The van der Waals surface area contributed by atoms with Crippen LogP contribution < -0.4 is 15.5 Å². The van der Waals surface area contributed by atoms with Crippen LogP contribution in [0.1, 0.15) is 44.7 Å². The van der Waals surface area contributed by atoms with Crippen molar-refractivity contribution in [2.24, 2.45) is 4.99 Å². The standard InChI is InChI=1S/C24H37N5S.HI/c1-4-25-24(27-22-13-15-29(16-14-22)23-8-7-17-30-23)26-18-20-9-11-21(12-10-20)19-28(5-2)6-3;/h7-12,17,22H,4-6,13-16,18-19H2,1-3H3,(H2,25,26,27);1H. The topological polar surface area (TPSA) is 42.9 Å². The minimum Gasteiger partial charge on any atom is -0.363 e. The first-order valence-corrected chi connectivity index (χ1v) is 12.2. The quantitative estimate of drug-likeness (QED) is 0.262. The van der Waals surface area contributed by atoms with Crippen LogP contribution in [0.25, 0.3) is 0 Å². The molecule has 0 bridgehead atoms. The molecule has 5 nitrogen and oxygen atoms in total. The van der Waals surface area contributed by atoms with Gasteiger partial charge in [0.1, 0.15) is 0 Å². The Bertz CT molecular complexity index is 751. The number of benzene rings is 1. The highest BCUT2D eigenvalue weighted by molar-refractivity contribution is 14.0. The van der Waals surface area contributed by atoms with Gasteiger partial charge in [0.15, 0.2) is 5.96 Å². The van der Waals surface area contributed by atoms with E-state index in [-0.39, 0.29) is 24.0 Å². The number of thiophene rings is 1. The van der Waals surface area contributed by atoms with Crippen molar-refractivity contribution < 1.29 is 0 Å². The zero-order chi connectivity index (χ0) is 21.2. The number of anilines is 1. The molecule has 1 fully saturated rings. The zero-order valence-corrected chi connectivity index (χ0v) is 22.3. The molecule has 7 heteroatoms. The Kier molecular flexibility index (Phi) is 11.7. The van der Waals surface area contributed by atoms with E-state index < -0.39 is 0 Å². The summed E-state index contributed by atoms with van der Waals surface area (Å²) in [7, 11) is 0. The van der Waals surface area contributed by atoms with Crippen LogP contribution in [0.2, 0.25) is 0 Å². The SMILES string of the molecule is CCNC(=NCc1ccc(CN(CC)CC)cc1)NC1CCN(c2cccs2)CC1.I. The fourth-order valence-corrected chi connectivity index (χ4v) is 4.62. The molecule has 1 aromatic heterocycles. The number of nitrogens with one attached hydrogen (secondary N) is 2. The fourth-order valence-electron chi connectivity index (χ4n) is 3.83. The first-order chi connectivity index (χ1) is 14.7. The Morgan fingerprint density at radius 3 is 2.32 bits per heavy atom. The number of nitrogens with zero attached hydrogens (tertiary/aromatic N) is 3. The van der Waals surface area contributed by atoms with Gasteiger partial charge in [-0.1, -0.05) is 38.1 Å². The molecular weight excluding hydrogens is 517 g/mol. The van der Waals surface area contributed by atoms with E-state index in [0.717, 1.165) is 58.1 Å². The summed E-state index contributed by atoms with van der Waals surface area (Å²) in [5.74, 6) is 0.930. The van der Waals surface area contributed by atoms with Crippen molar-refractivity contribution in [1.82, 2.24) is 15.5 Å². The number of aliphatic imine (C=N–C) groups is 1. The third-order valence-electron chi connectivity index (χ3n) is 5.74. The Morgan fingerprint density at radius 2 is 1.74 bits per heavy atom. The molecule has 0 aliphatic carbocycles. The third kappa shape index (κ3) is 8.27. The molecule has 2 heterocycles. The molecule has 2 N–H and O–H groups in total. The second-order valence-electron chi connectivity index (χ2n) is 7.83. The second-order valence-corrected chi connectivity index (χ2v) is 8.76. The van der Waals surface area contributed by atoms with E-state index in [0.29, 0.717) is 12.6 Å². The number of guanidine groups is 1. The van der Waals surface area contributed by atoms with Crippen molar-refractivity contribution >= 4 is 46.3 Å². The van der Waals surface area contributed by atoms with Crippen LogP contribution in [0.5, 0.6) is 0 Å². The Balaban J connectivity index is 0.00000341. The maximum atomic E-state index is 4.84. The number of halogens is 1. The van der Waals surface area contributed by atoms with E-state index in [2.05, 4.69) is 83.0 Å². The van der Waals surface area contributed by atoms with Crippen LogP contribution in [0.3, 0.4) is 0 Å². The summed E-state index contributed by atoms with van der Waals surface area (Å²) in [5, 5.41) is 10.6. The maximum Gasteiger partial charge on any atom is 0.191 e. The monoisotopic (exact) mass is 555 g/mol. The molecule has 1 aromatic carbocycles. The van der Waals surface area contributed by atoms with Crippen molar-refractivity contribution in [3.8, 4) is 0 Å². The summed E-state index contributed by atoms with van der Waals surface area (Å²) in [6, 6.07) is 13.7. The van der Waals surface area contributed by atoms with Crippen molar-refractivity contribution in [3.05, 3.63) is 52.9 Å². The zero-order valence-electron chi connectivity index (χ0n) is 19.1. The van der Waals surface area contributed by atoms with Gasteiger partial charge in [-0.2, -0.15) is 0 Å². The van der Waals surface area contributed by atoms with Gasteiger partial charge in [0.25, 0.3) is 0 Å². The van der Waals surface area contributed by atoms with Gasteiger partial charge in [0, 0.05) is 32.2 Å². The highest BCUT2D eigenvalue weighted by atomic mass is 127. The van der Waals surface area contributed by atoms with Gasteiger partial charge in [-0.15, -0.1) is 35.3 Å². The van der Waals surface area contributed by atoms with Crippen molar-refractivity contribution in [1.29, 1.82) is 0 Å². The maximum absolute atomic E-state index is 4.84. The smallest absolute Gasteiger partial charge is 0.191 e. The molecule has 3 rings (SSSR count). The molecule has 0 unspecified atom stereocenters. The van der Waals surface area contributed by atoms with Crippen molar-refractivity contribution in [2.75, 3.05) is 37.6 Å². The van der Waals surface area contributed by atoms with Crippen molar-refractivity contribution in [2.45, 2.75) is 52.7 Å². The average molecular weight is 556 g/mol. The lowest BCUT2D eigenvalue weighted by Crippen LogP contribution is -2.48. The molecule has 172 valence electrons. The normalized spacial score (nSPS) is 15.1. The number of rotatable bonds is 9. The summed E-state index contributed by atoms with van der Waals surface area (Å²) in [5.41, 5.74) is 2.62. The van der Waals surface area contributed by atoms with Crippen LogP contribution in [-0.4, -0.2) is 49.6 Å². The Morgan fingerprint density at radius 1 is 1.06 bits per heavy atom. The molecule has 0 atom stereocenters. The largest absolute Gasteiger partial charge is 0.363 e. The van der Waals surface area contributed by atoms with E-state index in [1.165, 1.54) is 16.1 Å². The second kappa shape index (κ2) is 14.0. The minimum absolute atomic E-state index is 0. The van der Waals surface area contributed by atoms with Crippen LogP contribution in [0, 0.1) is 0 Å². The van der Waals surface area contributed by atoms with Gasteiger partial charge in [-0.05, 0) is 61.5 Å². The minimum atomic E-state index is 0. The van der Waals surface area contributed by atoms with Gasteiger partial charge in [-0.3, -0.25) is 4.90 Å². The van der Waals surface area contributed by atoms with Gasteiger partial charge < -0.3 is 15.5 Å². The molecule has 31 heavy (non-hydrogen) atoms. The highest BCUT2D eigenvalue weighted by Gasteiger charge is 2.20. The van der Waals surface area contributed by atoms with Gasteiger partial charge in [0.2, 0.25) is 0 Å². The highest BCUT2D eigenvalue weighted by Crippen LogP contribution is 2.24. The molecular formula is C24H38IN5S. The lowest BCUT2D eigenvalue weighted by Gasteiger charge is -2.33. The lowest BCUT2D eigenvalue weighted by molar-refractivity contribution is 0.296. The van der Waals surface area contributed by atoms with E-state index in [1.807, 2.05) is 11.3 Å². The van der Waals surface area contributed by atoms with E-state index in [4.69, 9.17) is 4.99 Å². The fraction of sp³-hybridized carbons (Fsp3) is 0.542. The summed E-state index contributed by atoms with van der Waals surface area (Å²) >= 11 is 1.83. The average Bonchev–Trinajstić information content (AvgIpc) is 3.32. The molecule has 0 radical (unpaired) electrons. The van der Waals surface area contributed by atoms with E-state index in [1.54, 1.807) is 0 Å². The molecule has 1 aliphatic heterocycles. The third-order valence-corrected chi connectivity index (χ3v) is 6.67. The number of hydrogen-bond donors (Lipinski definition) is 2. The summed E-state index contributed by atoms with van der Waals surface area (Å²) < 4.78 is 0. The first-order valence-electron chi connectivity index (χ1n) is 11.3. The van der Waals surface area contributed by atoms with Crippen LogP contribution in [-0.2, 0) is 13.1 Å². The molecule has 0 amide bonds. The van der Waals surface area contributed by atoms with Crippen LogP contribution in [0.15, 0.2) is 46.8 Å². The molecule has 2 aromatic rings. The van der Waals surface area contributed by atoms with E-state index >= 15 is 0 Å². The predicted molar refractivity (Wildman–Crippen MR) is 146 cm³/mol. The summed E-state index contributed by atoms with van der Waals surface area (Å²) in [6.45, 7) is 13.5. The van der Waals surface area contributed by atoms with Crippen molar-refractivity contribution in [3.63, 3.8) is 0 Å².